The highest BCUT2D eigenvalue weighted by atomic mass is 19.4. The van der Waals surface area contributed by atoms with Crippen LogP contribution in [0.15, 0.2) is 48.5 Å². The van der Waals surface area contributed by atoms with E-state index in [2.05, 4.69) is 11.0 Å². The fourth-order valence-electron chi connectivity index (χ4n) is 4.78. The molecule has 0 N–H and O–H groups in total. The number of halogens is 6. The van der Waals surface area contributed by atoms with E-state index in [0.717, 1.165) is 18.4 Å². The molecule has 2 aromatic rings. The number of ether oxygens (including phenoxy) is 1. The Hall–Kier alpha value is -2.57. The number of likely N-dealkylation sites (N-methyl/N-ethyl adjacent to an activating group) is 1. The van der Waals surface area contributed by atoms with Gasteiger partial charge in [0.25, 0.3) is 0 Å². The third kappa shape index (κ3) is 6.22. The molecule has 3 nitrogen and oxygen atoms in total. The molecule has 3 rings (SSSR count). The van der Waals surface area contributed by atoms with Crippen molar-refractivity contribution in [2.24, 2.45) is 5.41 Å². The van der Waals surface area contributed by atoms with Gasteiger partial charge in [-0.15, -0.1) is 0 Å². The minimum absolute atomic E-state index is 0.0355. The van der Waals surface area contributed by atoms with Crippen LogP contribution in [0, 0.1) is 16.7 Å². The molecule has 1 heterocycles. The van der Waals surface area contributed by atoms with Crippen molar-refractivity contribution in [3.8, 4) is 6.07 Å². The standard InChI is InChI=1S/C27H30F6N2O/c1-19(20-14-22(26(28,29)30)16-23(15-20)27(31,32)33)36-18-25(21-8-5-4-6-9-21)12-11-24(2,17-34)10-7-13-35(25)3/h4-6,8-9,14-16,19H,7,10-13,18H2,1-3H3/t19-,24+,25-/m1/s1. The first-order valence-electron chi connectivity index (χ1n) is 11.8. The highest BCUT2D eigenvalue weighted by molar-refractivity contribution is 5.35. The van der Waals surface area contributed by atoms with Gasteiger partial charge in [-0.2, -0.15) is 31.6 Å². The van der Waals surface area contributed by atoms with E-state index in [1.807, 2.05) is 44.3 Å². The Kier molecular flexibility index (Phi) is 8.11. The molecule has 0 spiro atoms. The average molecular weight is 513 g/mol. The Morgan fingerprint density at radius 3 is 2.08 bits per heavy atom. The third-order valence-electron chi connectivity index (χ3n) is 7.28. The van der Waals surface area contributed by atoms with Crippen LogP contribution in [0.25, 0.3) is 0 Å². The van der Waals surface area contributed by atoms with Crippen LogP contribution in [0.3, 0.4) is 0 Å². The van der Waals surface area contributed by atoms with E-state index in [9.17, 15) is 31.6 Å². The molecular formula is C27H30F6N2O. The number of hydrogen-bond acceptors (Lipinski definition) is 3. The van der Waals surface area contributed by atoms with Crippen molar-refractivity contribution < 1.29 is 31.1 Å². The minimum atomic E-state index is -4.93. The molecule has 0 aliphatic carbocycles. The first-order valence-corrected chi connectivity index (χ1v) is 11.8. The molecule has 3 atom stereocenters. The smallest absolute Gasteiger partial charge is 0.372 e. The molecular weight excluding hydrogens is 482 g/mol. The highest BCUT2D eigenvalue weighted by Gasteiger charge is 2.42. The number of alkyl halides is 6. The lowest BCUT2D eigenvalue weighted by Crippen LogP contribution is -2.50. The lowest BCUT2D eigenvalue weighted by Gasteiger charge is -2.46. The first-order chi connectivity index (χ1) is 16.7. The van der Waals surface area contributed by atoms with Crippen LogP contribution in [0.4, 0.5) is 26.3 Å². The number of rotatable bonds is 5. The second kappa shape index (κ2) is 10.4. The molecule has 36 heavy (non-hydrogen) atoms. The summed E-state index contributed by atoms with van der Waals surface area (Å²) in [6, 6.07) is 13.4. The van der Waals surface area contributed by atoms with Gasteiger partial charge in [-0.3, -0.25) is 4.90 Å². The Bertz CT molecular complexity index is 1050. The molecule has 0 unspecified atom stereocenters. The SMILES string of the molecule is C[C@@H](OC[C@@]1(c2ccccc2)CC[C@@](C)(C#N)CCCN1C)c1cc(C(F)(F)F)cc(C(F)(F)F)c1. The summed E-state index contributed by atoms with van der Waals surface area (Å²) < 4.78 is 86.2. The third-order valence-corrected chi connectivity index (χ3v) is 7.28. The number of nitriles is 1. The minimum Gasteiger partial charge on any atom is -0.372 e. The van der Waals surface area contributed by atoms with E-state index in [0.29, 0.717) is 31.5 Å². The topological polar surface area (TPSA) is 36.3 Å². The summed E-state index contributed by atoms with van der Waals surface area (Å²) in [6.07, 6.45) is -8.27. The second-order valence-corrected chi connectivity index (χ2v) is 9.89. The predicted molar refractivity (Wildman–Crippen MR) is 124 cm³/mol. The summed E-state index contributed by atoms with van der Waals surface area (Å²) in [5.41, 5.74) is -3.25. The molecule has 1 fully saturated rings. The van der Waals surface area contributed by atoms with Gasteiger partial charge in [0.05, 0.1) is 40.9 Å². The highest BCUT2D eigenvalue weighted by Crippen LogP contribution is 2.43. The van der Waals surface area contributed by atoms with E-state index >= 15 is 0 Å². The Labute approximate surface area is 207 Å². The van der Waals surface area contributed by atoms with Gasteiger partial charge in [-0.05, 0) is 82.4 Å². The van der Waals surface area contributed by atoms with Crippen molar-refractivity contribution in [2.45, 2.75) is 63.5 Å². The van der Waals surface area contributed by atoms with Crippen molar-refractivity contribution in [2.75, 3.05) is 20.2 Å². The maximum atomic E-state index is 13.4. The summed E-state index contributed by atoms with van der Waals surface area (Å²) in [4.78, 5) is 2.12. The fourth-order valence-corrected chi connectivity index (χ4v) is 4.78. The molecule has 9 heteroatoms. The number of benzene rings is 2. The van der Waals surface area contributed by atoms with Crippen LogP contribution in [0.1, 0.15) is 67.9 Å². The first kappa shape index (κ1) is 28.0. The van der Waals surface area contributed by atoms with Gasteiger partial charge in [0.1, 0.15) is 0 Å². The van der Waals surface area contributed by atoms with E-state index < -0.39 is 40.5 Å². The number of hydrogen-bond donors (Lipinski definition) is 0. The van der Waals surface area contributed by atoms with Crippen molar-refractivity contribution in [3.63, 3.8) is 0 Å². The largest absolute Gasteiger partial charge is 0.416 e. The lowest BCUT2D eigenvalue weighted by atomic mass is 9.74. The van der Waals surface area contributed by atoms with Gasteiger partial charge in [0.2, 0.25) is 0 Å². The summed E-state index contributed by atoms with van der Waals surface area (Å²) >= 11 is 0. The monoisotopic (exact) mass is 512 g/mol. The van der Waals surface area contributed by atoms with Gasteiger partial charge in [-0.25, -0.2) is 0 Å². The molecule has 196 valence electrons. The van der Waals surface area contributed by atoms with Crippen LogP contribution in [0.2, 0.25) is 0 Å². The van der Waals surface area contributed by atoms with Crippen LogP contribution in [0.5, 0.6) is 0 Å². The molecule has 0 aromatic heterocycles. The zero-order valence-corrected chi connectivity index (χ0v) is 20.5. The molecule has 1 aliphatic rings. The second-order valence-electron chi connectivity index (χ2n) is 9.89. The lowest BCUT2D eigenvalue weighted by molar-refractivity contribution is -0.143. The molecule has 0 saturated carbocycles. The van der Waals surface area contributed by atoms with E-state index in [1.54, 1.807) is 0 Å². The summed E-state index contributed by atoms with van der Waals surface area (Å²) in [6.45, 7) is 4.06. The predicted octanol–water partition coefficient (Wildman–Crippen LogP) is 7.73. The molecule has 2 aromatic carbocycles. The van der Waals surface area contributed by atoms with Gasteiger partial charge < -0.3 is 4.74 Å². The van der Waals surface area contributed by atoms with Crippen LogP contribution >= 0.6 is 0 Å². The summed E-state index contributed by atoms with van der Waals surface area (Å²) in [7, 11) is 1.93. The number of nitrogens with zero attached hydrogens (tertiary/aromatic N) is 2. The molecule has 0 bridgehead atoms. The average Bonchev–Trinajstić information content (AvgIpc) is 2.82. The summed E-state index contributed by atoms with van der Waals surface area (Å²) in [5, 5.41) is 9.75. The maximum Gasteiger partial charge on any atom is 0.416 e. The Morgan fingerprint density at radius 2 is 1.56 bits per heavy atom. The molecule has 1 aliphatic heterocycles. The normalized spacial score (nSPS) is 25.0. The van der Waals surface area contributed by atoms with Crippen LogP contribution in [-0.4, -0.2) is 25.1 Å². The van der Waals surface area contributed by atoms with Gasteiger partial charge in [0, 0.05) is 0 Å². The molecule has 0 radical (unpaired) electrons. The quantitative estimate of drug-likeness (QED) is 0.385. The van der Waals surface area contributed by atoms with E-state index in [1.165, 1.54) is 6.92 Å². The van der Waals surface area contributed by atoms with Crippen molar-refractivity contribution in [1.29, 1.82) is 5.26 Å². The van der Waals surface area contributed by atoms with E-state index in [4.69, 9.17) is 4.74 Å². The van der Waals surface area contributed by atoms with Gasteiger partial charge in [-0.1, -0.05) is 30.3 Å². The summed E-state index contributed by atoms with van der Waals surface area (Å²) in [5.74, 6) is 0. The Balaban J connectivity index is 1.97. The van der Waals surface area contributed by atoms with Crippen molar-refractivity contribution >= 4 is 0 Å². The molecule has 0 amide bonds. The van der Waals surface area contributed by atoms with Crippen molar-refractivity contribution in [3.05, 3.63) is 70.8 Å². The fraction of sp³-hybridized carbons (Fsp3) is 0.519. The zero-order chi connectivity index (χ0) is 26.8. The number of likely N-dealkylation sites (tertiary alicyclic amines) is 1. The molecule has 1 saturated heterocycles. The van der Waals surface area contributed by atoms with Gasteiger partial charge >= 0.3 is 12.4 Å². The zero-order valence-electron chi connectivity index (χ0n) is 20.5. The van der Waals surface area contributed by atoms with Gasteiger partial charge in [0.15, 0.2) is 0 Å². The van der Waals surface area contributed by atoms with Crippen LogP contribution in [-0.2, 0) is 22.6 Å². The van der Waals surface area contributed by atoms with E-state index in [-0.39, 0.29) is 18.2 Å². The van der Waals surface area contributed by atoms with Crippen LogP contribution < -0.4 is 0 Å². The Morgan fingerprint density at radius 1 is 0.972 bits per heavy atom. The maximum absolute atomic E-state index is 13.4. The van der Waals surface area contributed by atoms with Crippen molar-refractivity contribution in [1.82, 2.24) is 4.90 Å².